The van der Waals surface area contributed by atoms with Crippen molar-refractivity contribution >= 4 is 21.6 Å². The minimum atomic E-state index is -3.81. The molecule has 0 radical (unpaired) electrons. The first-order valence-corrected chi connectivity index (χ1v) is 9.32. The van der Waals surface area contributed by atoms with Crippen molar-refractivity contribution in [3.63, 3.8) is 0 Å². The molecule has 3 rings (SSSR count). The van der Waals surface area contributed by atoms with Crippen LogP contribution in [0.2, 0.25) is 0 Å². The number of anilines is 1. The van der Waals surface area contributed by atoms with Crippen LogP contribution in [0.3, 0.4) is 0 Å². The molecule has 0 spiro atoms. The van der Waals surface area contributed by atoms with Crippen molar-refractivity contribution in [2.24, 2.45) is 11.1 Å². The molecule has 1 aliphatic rings. The third-order valence-corrected chi connectivity index (χ3v) is 5.50. The van der Waals surface area contributed by atoms with Gasteiger partial charge in [0.2, 0.25) is 15.9 Å². The summed E-state index contributed by atoms with van der Waals surface area (Å²) >= 11 is 0. The number of carbonyl (C=O) groups excluding carboxylic acids is 1. The highest BCUT2D eigenvalue weighted by atomic mass is 32.2. The van der Waals surface area contributed by atoms with Crippen molar-refractivity contribution < 1.29 is 13.2 Å². The molecule has 6 heteroatoms. The molecule has 3 N–H and O–H groups in total. The van der Waals surface area contributed by atoms with Gasteiger partial charge in [0, 0.05) is 11.6 Å². The molecule has 0 aromatic heterocycles. The summed E-state index contributed by atoms with van der Waals surface area (Å²) in [6.45, 7) is 3.67. The predicted octanol–water partition coefficient (Wildman–Crippen LogP) is 2.69. The number of hydrogen-bond acceptors (Lipinski definition) is 3. The lowest BCUT2D eigenvalue weighted by molar-refractivity contribution is -0.117. The van der Waals surface area contributed by atoms with Crippen LogP contribution in [0.25, 0.3) is 0 Å². The number of aryl methyl sites for hydroxylation is 1. The summed E-state index contributed by atoms with van der Waals surface area (Å²) in [7, 11) is -3.81. The maximum absolute atomic E-state index is 12.5. The van der Waals surface area contributed by atoms with Crippen LogP contribution in [0.15, 0.2) is 47.4 Å². The lowest BCUT2D eigenvalue weighted by atomic mass is 10.1. The van der Waals surface area contributed by atoms with E-state index in [1.54, 1.807) is 19.1 Å². The Balaban J connectivity index is 1.75. The van der Waals surface area contributed by atoms with Crippen LogP contribution in [0, 0.1) is 19.8 Å². The molecular weight excluding hydrogens is 324 g/mol. The van der Waals surface area contributed by atoms with Gasteiger partial charge in [0.1, 0.15) is 0 Å². The zero-order chi connectivity index (χ0) is 17.5. The van der Waals surface area contributed by atoms with E-state index in [1.807, 2.05) is 25.1 Å². The molecule has 5 nitrogen and oxygen atoms in total. The first-order valence-electron chi connectivity index (χ1n) is 7.77. The van der Waals surface area contributed by atoms with E-state index in [9.17, 15) is 13.2 Å². The summed E-state index contributed by atoms with van der Waals surface area (Å²) in [5.41, 5.74) is 3.29. The number of primary sulfonamides is 1. The summed E-state index contributed by atoms with van der Waals surface area (Å²) < 4.78 is 23.1. The smallest absolute Gasteiger partial charge is 0.238 e. The van der Waals surface area contributed by atoms with Crippen molar-refractivity contribution in [1.29, 1.82) is 0 Å². The van der Waals surface area contributed by atoms with Gasteiger partial charge < -0.3 is 5.32 Å². The van der Waals surface area contributed by atoms with Crippen LogP contribution >= 0.6 is 0 Å². The Hall–Kier alpha value is -2.18. The van der Waals surface area contributed by atoms with Crippen molar-refractivity contribution in [3.05, 3.63) is 59.2 Å². The third-order valence-electron chi connectivity index (χ3n) is 4.45. The van der Waals surface area contributed by atoms with Crippen LogP contribution in [0.1, 0.15) is 29.0 Å². The van der Waals surface area contributed by atoms with E-state index >= 15 is 0 Å². The van der Waals surface area contributed by atoms with Gasteiger partial charge in [-0.2, -0.15) is 0 Å². The first kappa shape index (κ1) is 16.7. The van der Waals surface area contributed by atoms with Crippen LogP contribution in [-0.2, 0) is 14.8 Å². The second-order valence-corrected chi connectivity index (χ2v) is 7.86. The Morgan fingerprint density at radius 1 is 1.17 bits per heavy atom. The zero-order valence-corrected chi connectivity index (χ0v) is 14.4. The van der Waals surface area contributed by atoms with E-state index in [-0.39, 0.29) is 22.6 Å². The van der Waals surface area contributed by atoms with Gasteiger partial charge in [0.15, 0.2) is 0 Å². The first-order chi connectivity index (χ1) is 11.3. The monoisotopic (exact) mass is 344 g/mol. The largest absolute Gasteiger partial charge is 0.326 e. The number of carbonyl (C=O) groups is 1. The van der Waals surface area contributed by atoms with Crippen LogP contribution in [-0.4, -0.2) is 14.3 Å². The molecule has 24 heavy (non-hydrogen) atoms. The number of nitrogens with one attached hydrogen (secondary N) is 1. The highest BCUT2D eigenvalue weighted by molar-refractivity contribution is 7.89. The zero-order valence-electron chi connectivity index (χ0n) is 13.6. The average molecular weight is 344 g/mol. The standard InChI is InChI=1S/C18H20N2O3S/c1-11-5-3-6-13(9-11)14-10-15(14)18(21)20-16-7-4-8-17(12(16)2)24(19,22)23/h3-9,14-15H,10H2,1-2H3,(H,20,21)(H2,19,22,23)/t14-,15+/m1/s1. The van der Waals surface area contributed by atoms with Crippen LogP contribution in [0.5, 0.6) is 0 Å². The number of amides is 1. The minimum absolute atomic E-state index is 0.0336. The number of hydrogen-bond donors (Lipinski definition) is 2. The highest BCUT2D eigenvalue weighted by Crippen LogP contribution is 2.48. The molecule has 0 bridgehead atoms. The molecule has 0 aliphatic heterocycles. The summed E-state index contributed by atoms with van der Waals surface area (Å²) in [5, 5.41) is 8.04. The Labute approximate surface area is 141 Å². The molecule has 2 aromatic rings. The molecular formula is C18H20N2O3S. The molecule has 2 aromatic carbocycles. The number of sulfonamides is 1. The molecule has 1 aliphatic carbocycles. The van der Waals surface area contributed by atoms with Gasteiger partial charge in [-0.15, -0.1) is 0 Å². The van der Waals surface area contributed by atoms with Crippen LogP contribution in [0.4, 0.5) is 5.69 Å². The third kappa shape index (κ3) is 3.34. The van der Waals surface area contributed by atoms with Gasteiger partial charge in [-0.3, -0.25) is 4.79 Å². The van der Waals surface area contributed by atoms with Crippen molar-refractivity contribution in [1.82, 2.24) is 0 Å². The van der Waals surface area contributed by atoms with Gasteiger partial charge in [-0.25, -0.2) is 13.6 Å². The fraction of sp³-hybridized carbons (Fsp3) is 0.278. The second-order valence-electron chi connectivity index (χ2n) is 6.33. The molecule has 1 amide bonds. The van der Waals surface area contributed by atoms with Crippen molar-refractivity contribution in [3.8, 4) is 0 Å². The molecule has 126 valence electrons. The fourth-order valence-corrected chi connectivity index (χ4v) is 3.84. The summed E-state index contributed by atoms with van der Waals surface area (Å²) in [4.78, 5) is 12.5. The predicted molar refractivity (Wildman–Crippen MR) is 93.2 cm³/mol. The molecule has 0 saturated heterocycles. The Morgan fingerprint density at radius 3 is 2.54 bits per heavy atom. The molecule has 0 unspecified atom stereocenters. The topological polar surface area (TPSA) is 89.3 Å². The normalized spacial score (nSPS) is 19.8. The quantitative estimate of drug-likeness (QED) is 0.893. The van der Waals surface area contributed by atoms with Gasteiger partial charge in [0.05, 0.1) is 4.90 Å². The van der Waals surface area contributed by atoms with Crippen molar-refractivity contribution in [2.45, 2.75) is 31.1 Å². The van der Waals surface area contributed by atoms with E-state index in [0.29, 0.717) is 11.3 Å². The van der Waals surface area contributed by atoms with E-state index in [2.05, 4.69) is 11.4 Å². The van der Waals surface area contributed by atoms with Gasteiger partial charge in [0.25, 0.3) is 0 Å². The lowest BCUT2D eigenvalue weighted by Gasteiger charge is -2.11. The lowest BCUT2D eigenvalue weighted by Crippen LogP contribution is -2.18. The summed E-state index contributed by atoms with van der Waals surface area (Å²) in [6.07, 6.45) is 0.809. The van der Waals surface area contributed by atoms with Crippen LogP contribution < -0.4 is 10.5 Å². The van der Waals surface area contributed by atoms with Gasteiger partial charge in [-0.05, 0) is 49.4 Å². The van der Waals surface area contributed by atoms with Gasteiger partial charge in [-0.1, -0.05) is 35.9 Å². The molecule has 2 atom stereocenters. The average Bonchev–Trinajstić information content (AvgIpc) is 3.29. The number of rotatable bonds is 4. The summed E-state index contributed by atoms with van der Waals surface area (Å²) in [5.74, 6) is 0.0622. The Morgan fingerprint density at radius 2 is 1.88 bits per heavy atom. The second kappa shape index (κ2) is 6.03. The fourth-order valence-electron chi connectivity index (χ4n) is 3.04. The number of benzene rings is 2. The Kier molecular flexibility index (Phi) is 4.19. The summed E-state index contributed by atoms with van der Waals surface area (Å²) in [6, 6.07) is 12.9. The van der Waals surface area contributed by atoms with Crippen molar-refractivity contribution in [2.75, 3.05) is 5.32 Å². The SMILES string of the molecule is Cc1cccc([C@H]2C[C@@H]2C(=O)Nc2cccc(S(N)(=O)=O)c2C)c1. The maximum Gasteiger partial charge on any atom is 0.238 e. The molecule has 1 saturated carbocycles. The maximum atomic E-state index is 12.5. The molecule has 0 heterocycles. The van der Waals surface area contributed by atoms with Gasteiger partial charge >= 0.3 is 0 Å². The van der Waals surface area contributed by atoms with E-state index in [0.717, 1.165) is 6.42 Å². The minimum Gasteiger partial charge on any atom is -0.326 e. The number of nitrogens with two attached hydrogens (primary N) is 1. The Bertz CT molecular complexity index is 906. The molecule has 1 fully saturated rings. The van der Waals surface area contributed by atoms with E-state index in [4.69, 9.17) is 5.14 Å². The van der Waals surface area contributed by atoms with E-state index < -0.39 is 10.0 Å². The highest BCUT2D eigenvalue weighted by Gasteiger charge is 2.44. The van der Waals surface area contributed by atoms with E-state index in [1.165, 1.54) is 17.2 Å².